The van der Waals surface area contributed by atoms with Crippen molar-refractivity contribution in [3.63, 3.8) is 0 Å². The van der Waals surface area contributed by atoms with Crippen LogP contribution in [0.5, 0.6) is 5.75 Å². The van der Waals surface area contributed by atoms with E-state index in [9.17, 15) is 4.79 Å². The van der Waals surface area contributed by atoms with E-state index in [2.05, 4.69) is 10.3 Å². The second-order valence-electron chi connectivity index (χ2n) is 5.04. The van der Waals surface area contributed by atoms with Gasteiger partial charge in [-0.3, -0.25) is 4.79 Å². The molecule has 1 aromatic carbocycles. The van der Waals surface area contributed by atoms with Gasteiger partial charge in [-0.25, -0.2) is 4.98 Å². The minimum Gasteiger partial charge on any atom is -0.477 e. The van der Waals surface area contributed by atoms with Gasteiger partial charge in [-0.15, -0.1) is 11.3 Å². The molecular formula is C15H17N3O2S. The summed E-state index contributed by atoms with van der Waals surface area (Å²) in [7, 11) is 1.80. The number of anilines is 1. The lowest BCUT2D eigenvalue weighted by molar-refractivity contribution is -0.137. The molecule has 1 amide bonds. The van der Waals surface area contributed by atoms with Gasteiger partial charge in [-0.1, -0.05) is 12.1 Å². The quantitative estimate of drug-likeness (QED) is 0.945. The van der Waals surface area contributed by atoms with Crippen LogP contribution < -0.4 is 10.1 Å². The van der Waals surface area contributed by atoms with Crippen molar-refractivity contribution in [2.45, 2.75) is 19.6 Å². The van der Waals surface area contributed by atoms with Crippen LogP contribution in [0, 0.1) is 6.92 Å². The summed E-state index contributed by atoms with van der Waals surface area (Å²) in [6.07, 6.45) is -0.488. The number of amides is 1. The van der Waals surface area contributed by atoms with Crippen molar-refractivity contribution in [1.29, 1.82) is 0 Å². The highest BCUT2D eigenvalue weighted by Gasteiger charge is 2.28. The van der Waals surface area contributed by atoms with Crippen molar-refractivity contribution in [3.8, 4) is 5.75 Å². The fourth-order valence-electron chi connectivity index (χ4n) is 2.27. The Morgan fingerprint density at radius 1 is 1.52 bits per heavy atom. The molecule has 1 unspecified atom stereocenters. The number of hydrogen-bond donors (Lipinski definition) is 1. The Morgan fingerprint density at radius 3 is 3.10 bits per heavy atom. The van der Waals surface area contributed by atoms with E-state index in [1.807, 2.05) is 31.2 Å². The predicted molar refractivity (Wildman–Crippen MR) is 82.7 cm³/mol. The van der Waals surface area contributed by atoms with Gasteiger partial charge in [0.25, 0.3) is 5.91 Å². The highest BCUT2D eigenvalue weighted by Crippen LogP contribution is 2.28. The Hall–Kier alpha value is -2.08. The summed E-state index contributed by atoms with van der Waals surface area (Å²) in [5.74, 6) is 0.703. The van der Waals surface area contributed by atoms with Crippen LogP contribution in [0.3, 0.4) is 0 Å². The average molecular weight is 303 g/mol. The molecule has 110 valence electrons. The highest BCUT2D eigenvalue weighted by molar-refractivity contribution is 7.09. The molecule has 2 heterocycles. The number of benzene rings is 1. The zero-order valence-electron chi connectivity index (χ0n) is 12.0. The van der Waals surface area contributed by atoms with Gasteiger partial charge in [0.2, 0.25) is 0 Å². The fraction of sp³-hybridized carbons (Fsp3) is 0.333. The lowest BCUT2D eigenvalue weighted by atomic mass is 10.2. The van der Waals surface area contributed by atoms with Crippen molar-refractivity contribution in [2.24, 2.45) is 0 Å². The SMILES string of the molecule is Cc1ncsc1CN(C)C(=O)C1CNc2ccccc2O1. The summed E-state index contributed by atoms with van der Waals surface area (Å²) in [5, 5.41) is 3.24. The number of fused-ring (bicyclic) bond motifs is 1. The average Bonchev–Trinajstić information content (AvgIpc) is 2.91. The Morgan fingerprint density at radius 2 is 2.33 bits per heavy atom. The van der Waals surface area contributed by atoms with Crippen LogP contribution in [0.15, 0.2) is 29.8 Å². The summed E-state index contributed by atoms with van der Waals surface area (Å²) >= 11 is 1.57. The van der Waals surface area contributed by atoms with Crippen molar-refractivity contribution in [3.05, 3.63) is 40.3 Å². The third kappa shape index (κ3) is 2.85. The van der Waals surface area contributed by atoms with E-state index < -0.39 is 6.10 Å². The van der Waals surface area contributed by atoms with E-state index in [0.29, 0.717) is 13.1 Å². The molecule has 0 saturated carbocycles. The molecule has 1 aliphatic heterocycles. The lowest BCUT2D eigenvalue weighted by Gasteiger charge is -2.29. The number of rotatable bonds is 3. The van der Waals surface area contributed by atoms with Crippen LogP contribution in [-0.2, 0) is 11.3 Å². The molecule has 1 atom stereocenters. The summed E-state index contributed by atoms with van der Waals surface area (Å²) in [6, 6.07) is 7.66. The predicted octanol–water partition coefficient (Wildman–Crippen LogP) is 2.28. The van der Waals surface area contributed by atoms with Gasteiger partial charge in [0.05, 0.1) is 30.0 Å². The maximum absolute atomic E-state index is 12.5. The molecule has 2 aromatic rings. The van der Waals surface area contributed by atoms with E-state index in [-0.39, 0.29) is 5.91 Å². The van der Waals surface area contributed by atoms with Crippen LogP contribution in [-0.4, -0.2) is 35.5 Å². The number of nitrogens with zero attached hydrogens (tertiary/aromatic N) is 2. The molecule has 3 rings (SSSR count). The standard InChI is InChI=1S/C15H17N3O2S/c1-10-14(21-9-17-10)8-18(2)15(19)13-7-16-11-5-3-4-6-12(11)20-13/h3-6,9,13,16H,7-8H2,1-2H3. The molecule has 0 radical (unpaired) electrons. The van der Waals surface area contributed by atoms with Crippen molar-refractivity contribution < 1.29 is 9.53 Å². The minimum absolute atomic E-state index is 0.0233. The Bertz CT molecular complexity index is 656. The number of ether oxygens (including phenoxy) is 1. The highest BCUT2D eigenvalue weighted by atomic mass is 32.1. The molecule has 1 N–H and O–H groups in total. The van der Waals surface area contributed by atoms with E-state index in [1.54, 1.807) is 28.8 Å². The zero-order chi connectivity index (χ0) is 14.8. The summed E-state index contributed by atoms with van der Waals surface area (Å²) < 4.78 is 5.80. The first-order valence-corrected chi connectivity index (χ1v) is 7.66. The van der Waals surface area contributed by atoms with Gasteiger partial charge in [0.15, 0.2) is 6.10 Å². The van der Waals surface area contributed by atoms with Gasteiger partial charge < -0.3 is 15.0 Å². The Labute approximate surface area is 127 Å². The number of aryl methyl sites for hydroxylation is 1. The van der Waals surface area contributed by atoms with E-state index >= 15 is 0 Å². The van der Waals surface area contributed by atoms with Gasteiger partial charge in [-0.2, -0.15) is 0 Å². The number of carbonyl (C=O) groups is 1. The smallest absolute Gasteiger partial charge is 0.265 e. The summed E-state index contributed by atoms with van der Waals surface area (Å²) in [5.41, 5.74) is 3.72. The molecule has 0 saturated heterocycles. The molecule has 21 heavy (non-hydrogen) atoms. The number of thiazole rings is 1. The third-order valence-electron chi connectivity index (χ3n) is 3.51. The van der Waals surface area contributed by atoms with Crippen molar-refractivity contribution in [2.75, 3.05) is 18.9 Å². The van der Waals surface area contributed by atoms with E-state index in [1.165, 1.54) is 0 Å². The number of hydrogen-bond acceptors (Lipinski definition) is 5. The summed E-state index contributed by atoms with van der Waals surface area (Å²) in [6.45, 7) is 3.01. The topological polar surface area (TPSA) is 54.5 Å². The number of aromatic nitrogens is 1. The summed E-state index contributed by atoms with van der Waals surface area (Å²) in [4.78, 5) is 19.5. The van der Waals surface area contributed by atoms with Crippen LogP contribution in [0.4, 0.5) is 5.69 Å². The molecule has 5 nitrogen and oxygen atoms in total. The van der Waals surface area contributed by atoms with Gasteiger partial charge in [-0.05, 0) is 19.1 Å². The van der Waals surface area contributed by atoms with E-state index in [0.717, 1.165) is 22.0 Å². The largest absolute Gasteiger partial charge is 0.477 e. The third-order valence-corrected chi connectivity index (χ3v) is 4.43. The maximum atomic E-state index is 12.5. The molecule has 0 aliphatic carbocycles. The van der Waals surface area contributed by atoms with Crippen LogP contribution in [0.2, 0.25) is 0 Å². The van der Waals surface area contributed by atoms with Crippen molar-refractivity contribution in [1.82, 2.24) is 9.88 Å². The molecule has 0 spiro atoms. The van der Waals surface area contributed by atoms with Crippen LogP contribution in [0.25, 0.3) is 0 Å². The molecule has 6 heteroatoms. The van der Waals surface area contributed by atoms with Gasteiger partial charge in [0, 0.05) is 11.9 Å². The van der Waals surface area contributed by atoms with Gasteiger partial charge in [0.1, 0.15) is 5.75 Å². The molecule has 0 bridgehead atoms. The molecule has 0 fully saturated rings. The number of carbonyl (C=O) groups excluding carboxylic acids is 1. The lowest BCUT2D eigenvalue weighted by Crippen LogP contribution is -2.45. The second-order valence-corrected chi connectivity index (χ2v) is 5.98. The van der Waals surface area contributed by atoms with E-state index in [4.69, 9.17) is 4.74 Å². The molecule has 1 aliphatic rings. The maximum Gasteiger partial charge on any atom is 0.265 e. The second kappa shape index (κ2) is 5.73. The normalized spacial score (nSPS) is 16.6. The Balaban J connectivity index is 1.67. The first kappa shape index (κ1) is 13.9. The monoisotopic (exact) mass is 303 g/mol. The fourth-order valence-corrected chi connectivity index (χ4v) is 3.10. The molecular weight excluding hydrogens is 286 g/mol. The zero-order valence-corrected chi connectivity index (χ0v) is 12.8. The minimum atomic E-state index is -0.488. The number of nitrogens with one attached hydrogen (secondary N) is 1. The van der Waals surface area contributed by atoms with Crippen LogP contribution >= 0.6 is 11.3 Å². The number of para-hydroxylation sites is 2. The van der Waals surface area contributed by atoms with Crippen molar-refractivity contribution >= 4 is 22.9 Å². The van der Waals surface area contributed by atoms with Gasteiger partial charge >= 0.3 is 0 Å². The first-order chi connectivity index (χ1) is 10.1. The molecule has 1 aromatic heterocycles. The Kier molecular flexibility index (Phi) is 3.79. The first-order valence-electron chi connectivity index (χ1n) is 6.78. The number of likely N-dealkylation sites (N-methyl/N-ethyl adjacent to an activating group) is 1. The van der Waals surface area contributed by atoms with Crippen LogP contribution in [0.1, 0.15) is 10.6 Å².